The summed E-state index contributed by atoms with van der Waals surface area (Å²) < 4.78 is 17.0. The van der Waals surface area contributed by atoms with Gasteiger partial charge in [0.15, 0.2) is 0 Å². The number of methoxy groups -OCH3 is 2. The van der Waals surface area contributed by atoms with E-state index in [9.17, 15) is 4.79 Å². The average Bonchev–Trinajstić information content (AvgIpc) is 2.86. The van der Waals surface area contributed by atoms with E-state index in [2.05, 4.69) is 42.3 Å². The first-order chi connectivity index (χ1) is 16.4. The normalized spacial score (nSPS) is 26.9. The maximum Gasteiger partial charge on any atom is 0.407 e. The van der Waals surface area contributed by atoms with E-state index in [1.807, 2.05) is 18.2 Å². The second-order valence-electron chi connectivity index (χ2n) is 10.6. The third kappa shape index (κ3) is 4.36. The number of carbonyl (C=O) groups is 1. The molecule has 6 heteroatoms. The molecule has 1 aliphatic carbocycles. The molecule has 0 spiro atoms. The zero-order chi connectivity index (χ0) is 23.9. The van der Waals surface area contributed by atoms with E-state index in [0.717, 1.165) is 67.9 Å². The van der Waals surface area contributed by atoms with Gasteiger partial charge in [0.2, 0.25) is 0 Å². The predicted molar refractivity (Wildman–Crippen MR) is 132 cm³/mol. The third-order valence-electron chi connectivity index (χ3n) is 8.11. The van der Waals surface area contributed by atoms with Gasteiger partial charge in [-0.15, -0.1) is 0 Å². The van der Waals surface area contributed by atoms with Gasteiger partial charge in [0.05, 0.1) is 20.3 Å². The summed E-state index contributed by atoms with van der Waals surface area (Å²) in [5, 5.41) is 3.25. The minimum Gasteiger partial charge on any atom is -0.497 e. The molecule has 3 aliphatic heterocycles. The van der Waals surface area contributed by atoms with Crippen LogP contribution in [0.1, 0.15) is 50.3 Å². The fraction of sp³-hybridized carbons (Fsp3) is 0.536. The summed E-state index contributed by atoms with van der Waals surface area (Å²) in [5.74, 6) is 2.11. The fourth-order valence-corrected chi connectivity index (χ4v) is 5.94. The largest absolute Gasteiger partial charge is 0.497 e. The number of benzene rings is 2. The summed E-state index contributed by atoms with van der Waals surface area (Å²) in [6, 6.07) is 12.3. The van der Waals surface area contributed by atoms with E-state index in [-0.39, 0.29) is 23.7 Å². The number of carbonyl (C=O) groups excluding carboxylic acids is 1. The first-order valence-electron chi connectivity index (χ1n) is 12.4. The number of amides is 1. The Morgan fingerprint density at radius 2 is 1.85 bits per heavy atom. The molecule has 3 fully saturated rings. The molecule has 0 aromatic heterocycles. The lowest BCUT2D eigenvalue weighted by molar-refractivity contribution is -0.0353. The number of fused-ring (bicyclic) bond motifs is 4. The number of hydrogen-bond donors (Lipinski definition) is 1. The first-order valence-corrected chi connectivity index (χ1v) is 12.4. The van der Waals surface area contributed by atoms with Gasteiger partial charge in [0.1, 0.15) is 17.6 Å². The van der Waals surface area contributed by atoms with Gasteiger partial charge in [-0.25, -0.2) is 4.79 Å². The summed E-state index contributed by atoms with van der Waals surface area (Å²) in [5.41, 5.74) is 4.46. The molecule has 2 atom stereocenters. The SMILES string of the molecule is COc1ccc(OC)c(-c2ccc3c(c2)CCC(C)(C)C3NC(=O)O[C@H]2CN3CCC2CC3)c1. The molecule has 4 aliphatic rings. The molecule has 182 valence electrons. The van der Waals surface area contributed by atoms with Crippen LogP contribution >= 0.6 is 0 Å². The number of nitrogens with zero attached hydrogens (tertiary/aromatic N) is 1. The van der Waals surface area contributed by atoms with Crippen LogP contribution in [0.25, 0.3) is 11.1 Å². The first kappa shape index (κ1) is 23.0. The molecular weight excluding hydrogens is 428 g/mol. The predicted octanol–water partition coefficient (Wildman–Crippen LogP) is 5.20. The molecule has 1 N–H and O–H groups in total. The Morgan fingerprint density at radius 3 is 2.53 bits per heavy atom. The second-order valence-corrected chi connectivity index (χ2v) is 10.6. The Balaban J connectivity index is 1.38. The molecule has 2 aromatic rings. The Morgan fingerprint density at radius 1 is 1.06 bits per heavy atom. The summed E-state index contributed by atoms with van der Waals surface area (Å²) in [6.45, 7) is 7.60. The van der Waals surface area contributed by atoms with Crippen molar-refractivity contribution in [3.05, 3.63) is 47.5 Å². The van der Waals surface area contributed by atoms with Gasteiger partial charge in [0, 0.05) is 12.1 Å². The van der Waals surface area contributed by atoms with Crippen molar-refractivity contribution < 1.29 is 19.0 Å². The molecule has 1 amide bonds. The van der Waals surface area contributed by atoms with E-state index in [1.54, 1.807) is 14.2 Å². The van der Waals surface area contributed by atoms with Crippen molar-refractivity contribution in [2.45, 2.75) is 51.7 Å². The van der Waals surface area contributed by atoms with Crippen molar-refractivity contribution in [3.8, 4) is 22.6 Å². The number of piperidine rings is 3. The van der Waals surface area contributed by atoms with Gasteiger partial charge >= 0.3 is 6.09 Å². The van der Waals surface area contributed by atoms with Crippen LogP contribution in [0.2, 0.25) is 0 Å². The molecule has 34 heavy (non-hydrogen) atoms. The van der Waals surface area contributed by atoms with E-state index in [4.69, 9.17) is 14.2 Å². The Labute approximate surface area is 202 Å². The molecule has 0 radical (unpaired) electrons. The van der Waals surface area contributed by atoms with Gasteiger partial charge in [-0.2, -0.15) is 0 Å². The highest BCUT2D eigenvalue weighted by Crippen LogP contribution is 2.45. The molecule has 6 rings (SSSR count). The fourth-order valence-electron chi connectivity index (χ4n) is 5.94. The van der Waals surface area contributed by atoms with Crippen molar-refractivity contribution in [2.75, 3.05) is 33.9 Å². The van der Waals surface area contributed by atoms with E-state index >= 15 is 0 Å². The minimum atomic E-state index is -0.289. The van der Waals surface area contributed by atoms with Crippen LogP contribution in [-0.4, -0.2) is 51.0 Å². The summed E-state index contributed by atoms with van der Waals surface area (Å²) in [7, 11) is 3.36. The topological polar surface area (TPSA) is 60.0 Å². The lowest BCUT2D eigenvalue weighted by Crippen LogP contribution is -2.53. The van der Waals surface area contributed by atoms with Gasteiger partial charge in [-0.1, -0.05) is 32.0 Å². The molecule has 3 saturated heterocycles. The summed E-state index contributed by atoms with van der Waals surface area (Å²) in [4.78, 5) is 15.4. The highest BCUT2D eigenvalue weighted by molar-refractivity contribution is 5.74. The van der Waals surface area contributed by atoms with E-state index in [1.165, 1.54) is 11.1 Å². The Kier molecular flexibility index (Phi) is 6.19. The zero-order valence-corrected chi connectivity index (χ0v) is 20.7. The van der Waals surface area contributed by atoms with Gasteiger partial charge in [0.25, 0.3) is 0 Å². The standard InChI is InChI=1S/C28H36N2O4/c1-28(2)12-9-20-15-19(23-16-21(32-3)6-8-24(23)33-4)5-7-22(20)26(28)29-27(31)34-25-17-30-13-10-18(25)11-14-30/h5-8,15-16,18,25-26H,9-14,17H2,1-4H3,(H,29,31)/t25-,26?/m0/s1. The number of ether oxygens (including phenoxy) is 3. The van der Waals surface area contributed by atoms with Crippen molar-refractivity contribution in [1.29, 1.82) is 0 Å². The smallest absolute Gasteiger partial charge is 0.407 e. The number of aryl methyl sites for hydroxylation is 1. The van der Waals surface area contributed by atoms with Gasteiger partial charge < -0.3 is 19.5 Å². The molecule has 0 saturated carbocycles. The molecule has 2 aromatic carbocycles. The molecule has 3 heterocycles. The van der Waals surface area contributed by atoms with Crippen LogP contribution < -0.4 is 14.8 Å². The van der Waals surface area contributed by atoms with Crippen LogP contribution in [0.5, 0.6) is 11.5 Å². The highest BCUT2D eigenvalue weighted by atomic mass is 16.6. The van der Waals surface area contributed by atoms with Crippen LogP contribution in [0.15, 0.2) is 36.4 Å². The number of hydrogen-bond acceptors (Lipinski definition) is 5. The number of rotatable bonds is 5. The average molecular weight is 465 g/mol. The quantitative estimate of drug-likeness (QED) is 0.659. The Bertz CT molecular complexity index is 1060. The third-order valence-corrected chi connectivity index (χ3v) is 8.11. The van der Waals surface area contributed by atoms with Crippen LogP contribution in [-0.2, 0) is 11.2 Å². The number of alkyl carbamates (subject to hydrolysis) is 1. The maximum absolute atomic E-state index is 13.0. The lowest BCUT2D eigenvalue weighted by Gasteiger charge is -2.44. The minimum absolute atomic E-state index is 0.0107. The Hall–Kier alpha value is -2.73. The summed E-state index contributed by atoms with van der Waals surface area (Å²) in [6.07, 6.45) is 3.94. The van der Waals surface area contributed by atoms with E-state index in [0.29, 0.717) is 5.92 Å². The zero-order valence-electron chi connectivity index (χ0n) is 20.7. The van der Waals surface area contributed by atoms with Gasteiger partial charge in [-0.05, 0) is 85.0 Å². The highest BCUT2D eigenvalue weighted by Gasteiger charge is 2.40. The molecule has 6 nitrogen and oxygen atoms in total. The van der Waals surface area contributed by atoms with Crippen molar-refractivity contribution in [3.63, 3.8) is 0 Å². The van der Waals surface area contributed by atoms with Gasteiger partial charge in [-0.3, -0.25) is 4.90 Å². The van der Waals surface area contributed by atoms with E-state index < -0.39 is 0 Å². The second kappa shape index (κ2) is 9.14. The van der Waals surface area contributed by atoms with Crippen LogP contribution in [0.3, 0.4) is 0 Å². The summed E-state index contributed by atoms with van der Waals surface area (Å²) >= 11 is 0. The van der Waals surface area contributed by atoms with Crippen molar-refractivity contribution >= 4 is 6.09 Å². The molecule has 2 bridgehead atoms. The monoisotopic (exact) mass is 464 g/mol. The number of nitrogens with one attached hydrogen (secondary N) is 1. The van der Waals surface area contributed by atoms with Crippen molar-refractivity contribution in [2.24, 2.45) is 11.3 Å². The maximum atomic E-state index is 13.0. The van der Waals surface area contributed by atoms with Crippen LogP contribution in [0.4, 0.5) is 4.79 Å². The van der Waals surface area contributed by atoms with Crippen molar-refractivity contribution in [1.82, 2.24) is 10.2 Å². The molecule has 1 unspecified atom stereocenters. The lowest BCUT2D eigenvalue weighted by atomic mass is 9.70. The molecular formula is C28H36N2O4. The van der Waals surface area contributed by atoms with Crippen LogP contribution in [0, 0.1) is 11.3 Å².